The number of hydrogen-bond acceptors (Lipinski definition) is 6. The minimum Gasteiger partial charge on any atom is -0.506 e. The number of aryl methyl sites for hydroxylation is 2. The van der Waals surface area contributed by atoms with E-state index in [0.717, 1.165) is 42.5 Å². The monoisotopic (exact) mass is 578 g/mol. The number of para-hydroxylation sites is 1. The molecule has 2 aromatic carbocycles. The highest BCUT2D eigenvalue weighted by Gasteiger charge is 2.37. The van der Waals surface area contributed by atoms with Crippen LogP contribution in [0.3, 0.4) is 0 Å². The Morgan fingerprint density at radius 1 is 1.10 bits per heavy atom. The fourth-order valence-electron chi connectivity index (χ4n) is 5.02. The summed E-state index contributed by atoms with van der Waals surface area (Å²) in [6.45, 7) is 6.13. The Bertz CT molecular complexity index is 1190. The Kier molecular flexibility index (Phi) is 10.6. The maximum absolute atomic E-state index is 12.4. The highest BCUT2D eigenvalue weighted by atomic mass is 35.5. The second kappa shape index (κ2) is 13.5. The fraction of sp³-hybridized carbons (Fsp3) is 0.483. The molecule has 0 aromatic heterocycles. The lowest BCUT2D eigenvalue weighted by Crippen LogP contribution is -2.45. The Morgan fingerprint density at radius 2 is 1.74 bits per heavy atom. The van der Waals surface area contributed by atoms with Gasteiger partial charge in [0.25, 0.3) is 5.91 Å². The van der Waals surface area contributed by atoms with Crippen molar-refractivity contribution in [1.82, 2.24) is 0 Å². The normalized spacial score (nSPS) is 18.0. The van der Waals surface area contributed by atoms with Gasteiger partial charge in [0.2, 0.25) is 5.91 Å². The SMILES string of the molecule is CC1(C(=O)Nc2ccc(O)c(Cl)c2Cl)CCCCC1.COCC(=O)N(c1c(C)cccc1C)C1CCOC1=O. The van der Waals surface area contributed by atoms with Crippen LogP contribution in [0.1, 0.15) is 56.6 Å². The van der Waals surface area contributed by atoms with E-state index in [1.165, 1.54) is 24.5 Å². The van der Waals surface area contributed by atoms with Gasteiger partial charge in [-0.3, -0.25) is 14.5 Å². The molecule has 10 heteroatoms. The predicted octanol–water partition coefficient (Wildman–Crippen LogP) is 6.21. The van der Waals surface area contributed by atoms with Crippen LogP contribution in [0, 0.1) is 19.3 Å². The van der Waals surface area contributed by atoms with Crippen molar-refractivity contribution in [2.45, 2.75) is 65.3 Å². The molecule has 4 rings (SSSR count). The van der Waals surface area contributed by atoms with Crippen LogP contribution >= 0.6 is 23.2 Å². The molecular weight excluding hydrogens is 543 g/mol. The maximum Gasteiger partial charge on any atom is 0.329 e. The third-order valence-electron chi connectivity index (χ3n) is 7.25. The highest BCUT2D eigenvalue weighted by Crippen LogP contribution is 2.40. The van der Waals surface area contributed by atoms with E-state index < -0.39 is 6.04 Å². The average molecular weight is 580 g/mol. The zero-order valence-corrected chi connectivity index (χ0v) is 24.3. The molecule has 2 aromatic rings. The van der Waals surface area contributed by atoms with E-state index in [9.17, 15) is 19.5 Å². The molecule has 0 bridgehead atoms. The summed E-state index contributed by atoms with van der Waals surface area (Å²) in [6.07, 6.45) is 5.64. The number of amides is 2. The van der Waals surface area contributed by atoms with Crippen molar-refractivity contribution in [2.24, 2.45) is 5.41 Å². The van der Waals surface area contributed by atoms with E-state index in [1.54, 1.807) is 6.07 Å². The molecule has 1 heterocycles. The summed E-state index contributed by atoms with van der Waals surface area (Å²) in [5.41, 5.74) is 2.79. The third-order valence-corrected chi connectivity index (χ3v) is 8.12. The molecule has 1 aliphatic carbocycles. The third kappa shape index (κ3) is 7.24. The maximum atomic E-state index is 12.4. The van der Waals surface area contributed by atoms with E-state index in [4.69, 9.17) is 32.7 Å². The van der Waals surface area contributed by atoms with Crippen molar-refractivity contribution in [1.29, 1.82) is 0 Å². The molecular formula is C29H36Cl2N2O6. The Labute approximate surface area is 239 Å². The number of anilines is 2. The molecule has 2 amide bonds. The first-order valence-corrected chi connectivity index (χ1v) is 13.8. The topological polar surface area (TPSA) is 105 Å². The second-order valence-corrected chi connectivity index (χ2v) is 11.0. The first-order chi connectivity index (χ1) is 18.5. The number of halogens is 2. The van der Waals surface area contributed by atoms with Crippen molar-refractivity contribution in [3.05, 3.63) is 51.5 Å². The molecule has 1 aliphatic heterocycles. The summed E-state index contributed by atoms with van der Waals surface area (Å²) >= 11 is 11.9. The van der Waals surface area contributed by atoms with Crippen LogP contribution in [0.15, 0.2) is 30.3 Å². The number of nitrogens with zero attached hydrogens (tertiary/aromatic N) is 1. The lowest BCUT2D eigenvalue weighted by atomic mass is 9.75. The minimum absolute atomic E-state index is 0.0316. The summed E-state index contributed by atoms with van der Waals surface area (Å²) in [4.78, 5) is 38.1. The lowest BCUT2D eigenvalue weighted by Gasteiger charge is -2.32. The molecule has 0 spiro atoms. The molecule has 8 nitrogen and oxygen atoms in total. The molecule has 2 aliphatic rings. The summed E-state index contributed by atoms with van der Waals surface area (Å²) in [7, 11) is 1.47. The molecule has 0 radical (unpaired) electrons. The molecule has 212 valence electrons. The summed E-state index contributed by atoms with van der Waals surface area (Å²) in [6, 6.07) is 8.21. The zero-order valence-electron chi connectivity index (χ0n) is 22.8. The Morgan fingerprint density at radius 3 is 2.31 bits per heavy atom. The fourth-order valence-corrected chi connectivity index (χ4v) is 5.39. The van der Waals surface area contributed by atoms with Crippen molar-refractivity contribution in [2.75, 3.05) is 30.5 Å². The number of phenols is 1. The first-order valence-electron chi connectivity index (χ1n) is 13.0. The smallest absolute Gasteiger partial charge is 0.329 e. The van der Waals surface area contributed by atoms with Crippen LogP contribution in [-0.2, 0) is 23.9 Å². The van der Waals surface area contributed by atoms with Gasteiger partial charge in [0, 0.05) is 18.9 Å². The van der Waals surface area contributed by atoms with E-state index >= 15 is 0 Å². The number of carbonyl (C=O) groups excluding carboxylic acids is 3. The number of hydrogen-bond donors (Lipinski definition) is 2. The van der Waals surface area contributed by atoms with E-state index in [-0.39, 0.29) is 45.6 Å². The van der Waals surface area contributed by atoms with Gasteiger partial charge in [-0.1, -0.05) is 67.6 Å². The Hall–Kier alpha value is -2.81. The summed E-state index contributed by atoms with van der Waals surface area (Å²) < 4.78 is 9.94. The van der Waals surface area contributed by atoms with Crippen molar-refractivity contribution in [3.8, 4) is 5.75 Å². The van der Waals surface area contributed by atoms with Gasteiger partial charge in [0.05, 0.1) is 23.0 Å². The molecule has 2 fully saturated rings. The number of esters is 1. The van der Waals surface area contributed by atoms with Crippen LogP contribution in [-0.4, -0.2) is 49.3 Å². The quantitative estimate of drug-likeness (QED) is 0.312. The van der Waals surface area contributed by atoms with Gasteiger partial charge in [0.1, 0.15) is 23.4 Å². The van der Waals surface area contributed by atoms with Gasteiger partial charge in [-0.25, -0.2) is 4.79 Å². The standard InChI is InChI=1S/C15H19NO4.C14H17Cl2NO2/c1-10-5-4-6-11(2)14(10)16(13(17)9-19-3)12-7-8-20-15(12)18;1-14(7-3-2-4-8-14)13(19)17-9-5-6-10(18)12(16)11(9)15/h4-6,12H,7-9H2,1-3H3;5-6,18H,2-4,7-8H2,1H3,(H,17,19). The number of benzene rings is 2. The van der Waals surface area contributed by atoms with Gasteiger partial charge in [0.15, 0.2) is 0 Å². The first kappa shape index (κ1) is 30.7. The predicted molar refractivity (Wildman–Crippen MR) is 153 cm³/mol. The van der Waals surface area contributed by atoms with E-state index in [2.05, 4.69) is 5.32 Å². The van der Waals surface area contributed by atoms with Gasteiger partial charge in [-0.2, -0.15) is 0 Å². The zero-order chi connectivity index (χ0) is 28.7. The number of nitrogens with one attached hydrogen (secondary N) is 1. The van der Waals surface area contributed by atoms with Crippen molar-refractivity contribution < 1.29 is 29.0 Å². The van der Waals surface area contributed by atoms with Crippen LogP contribution in [0.5, 0.6) is 5.75 Å². The summed E-state index contributed by atoms with van der Waals surface area (Å²) in [5, 5.41) is 12.5. The van der Waals surface area contributed by atoms with E-state index in [0.29, 0.717) is 18.7 Å². The molecule has 1 saturated heterocycles. The summed E-state index contributed by atoms with van der Waals surface area (Å²) in [5.74, 6) is -0.699. The second-order valence-electron chi connectivity index (χ2n) is 10.2. The molecule has 39 heavy (non-hydrogen) atoms. The molecule has 1 saturated carbocycles. The van der Waals surface area contributed by atoms with Crippen LogP contribution in [0.2, 0.25) is 10.0 Å². The number of aromatic hydroxyl groups is 1. The minimum atomic E-state index is -0.558. The largest absolute Gasteiger partial charge is 0.506 e. The number of cyclic esters (lactones) is 1. The van der Waals surface area contributed by atoms with Gasteiger partial charge >= 0.3 is 5.97 Å². The number of methoxy groups -OCH3 is 1. The number of ether oxygens (including phenoxy) is 2. The number of rotatable bonds is 6. The number of phenolic OH excluding ortho intramolecular Hbond substituents is 1. The van der Waals surface area contributed by atoms with Crippen LogP contribution in [0.4, 0.5) is 11.4 Å². The van der Waals surface area contributed by atoms with Crippen LogP contribution in [0.25, 0.3) is 0 Å². The van der Waals surface area contributed by atoms with E-state index in [1.807, 2.05) is 39.0 Å². The van der Waals surface area contributed by atoms with Gasteiger partial charge < -0.3 is 19.9 Å². The average Bonchev–Trinajstić information content (AvgIpc) is 3.32. The van der Waals surface area contributed by atoms with Crippen molar-refractivity contribution in [3.63, 3.8) is 0 Å². The van der Waals surface area contributed by atoms with Gasteiger partial charge in [-0.15, -0.1) is 0 Å². The highest BCUT2D eigenvalue weighted by molar-refractivity contribution is 6.44. The Balaban J connectivity index is 0.000000216. The molecule has 1 unspecified atom stereocenters. The molecule has 2 N–H and O–H groups in total. The van der Waals surface area contributed by atoms with Gasteiger partial charge in [-0.05, 0) is 49.9 Å². The number of carbonyl (C=O) groups is 3. The van der Waals surface area contributed by atoms with Crippen molar-refractivity contribution >= 4 is 52.4 Å². The lowest BCUT2D eigenvalue weighted by molar-refractivity contribution is -0.140. The van der Waals surface area contributed by atoms with Crippen LogP contribution < -0.4 is 10.2 Å². The molecule has 1 atom stereocenters.